The van der Waals surface area contributed by atoms with Gasteiger partial charge in [-0.25, -0.2) is 0 Å². The predicted octanol–water partition coefficient (Wildman–Crippen LogP) is 2.92. The van der Waals surface area contributed by atoms with E-state index >= 15 is 0 Å². The van der Waals surface area contributed by atoms with Crippen molar-refractivity contribution in [3.8, 4) is 5.75 Å². The summed E-state index contributed by atoms with van der Waals surface area (Å²) >= 11 is 5.97. The van der Waals surface area contributed by atoms with Crippen LogP contribution in [0.25, 0.3) is 0 Å². The minimum absolute atomic E-state index is 0.0163. The Balaban J connectivity index is 2.36. The summed E-state index contributed by atoms with van der Waals surface area (Å²) in [5.41, 5.74) is 6.77. The maximum absolute atomic E-state index is 6.19. The summed E-state index contributed by atoms with van der Waals surface area (Å²) in [6.45, 7) is 4.02. The number of hydrogen-bond donors (Lipinski definition) is 1. The van der Waals surface area contributed by atoms with Crippen LogP contribution in [-0.4, -0.2) is 18.8 Å². The Morgan fingerprint density at radius 3 is 2.94 bits per heavy atom. The second-order valence-corrected chi connectivity index (χ2v) is 5.22. The highest BCUT2D eigenvalue weighted by Crippen LogP contribution is 2.41. The van der Waals surface area contributed by atoms with Gasteiger partial charge in [-0.15, -0.1) is 0 Å². The molecule has 1 aliphatic heterocycles. The van der Waals surface area contributed by atoms with Gasteiger partial charge < -0.3 is 15.2 Å². The summed E-state index contributed by atoms with van der Waals surface area (Å²) in [5.74, 6) is 0.805. The summed E-state index contributed by atoms with van der Waals surface area (Å²) in [6, 6.07) is 5.49. The molecule has 2 N–H and O–H groups in total. The molecule has 4 heteroatoms. The van der Waals surface area contributed by atoms with Crippen molar-refractivity contribution in [2.24, 2.45) is 5.73 Å². The van der Waals surface area contributed by atoms with E-state index in [-0.39, 0.29) is 12.1 Å². The van der Waals surface area contributed by atoms with Crippen molar-refractivity contribution in [2.45, 2.75) is 38.0 Å². The van der Waals surface area contributed by atoms with Crippen molar-refractivity contribution in [1.82, 2.24) is 0 Å². The van der Waals surface area contributed by atoms with Gasteiger partial charge in [-0.3, -0.25) is 0 Å². The van der Waals surface area contributed by atoms with Crippen LogP contribution in [0.4, 0.5) is 0 Å². The first-order valence-electron chi connectivity index (χ1n) is 5.73. The zero-order chi connectivity index (χ0) is 12.6. The quantitative estimate of drug-likeness (QED) is 0.884. The van der Waals surface area contributed by atoms with Crippen LogP contribution >= 0.6 is 11.6 Å². The van der Waals surface area contributed by atoms with Crippen LogP contribution in [0.5, 0.6) is 5.75 Å². The molecule has 1 heterocycles. The van der Waals surface area contributed by atoms with Gasteiger partial charge in [0, 0.05) is 30.2 Å². The summed E-state index contributed by atoms with van der Waals surface area (Å²) < 4.78 is 11.4. The lowest BCUT2D eigenvalue weighted by atomic mass is 9.85. The highest BCUT2D eigenvalue weighted by molar-refractivity contribution is 6.30. The van der Waals surface area contributed by atoms with E-state index in [0.29, 0.717) is 5.02 Å². The van der Waals surface area contributed by atoms with Crippen LogP contribution in [0, 0.1) is 0 Å². The van der Waals surface area contributed by atoms with E-state index in [1.165, 1.54) is 0 Å². The third-order valence-electron chi connectivity index (χ3n) is 3.55. The molecule has 0 radical (unpaired) electrons. The first-order valence-corrected chi connectivity index (χ1v) is 6.11. The lowest BCUT2D eigenvalue weighted by molar-refractivity contribution is -0.0707. The third-order valence-corrected chi connectivity index (χ3v) is 3.79. The molecule has 17 heavy (non-hydrogen) atoms. The smallest absolute Gasteiger partial charge is 0.134 e. The molecule has 0 amide bonds. The molecular formula is C13H18ClNO2. The molecule has 0 saturated carbocycles. The van der Waals surface area contributed by atoms with Crippen molar-refractivity contribution in [2.75, 3.05) is 7.11 Å². The fourth-order valence-electron chi connectivity index (χ4n) is 2.24. The van der Waals surface area contributed by atoms with Crippen molar-refractivity contribution >= 4 is 11.6 Å². The van der Waals surface area contributed by atoms with Crippen LogP contribution < -0.4 is 10.5 Å². The molecular weight excluding hydrogens is 238 g/mol. The average molecular weight is 256 g/mol. The lowest BCUT2D eigenvalue weighted by Crippen LogP contribution is -2.49. The number of benzene rings is 1. The Labute approximate surface area is 107 Å². The Kier molecular flexibility index (Phi) is 3.34. The molecule has 0 saturated heterocycles. The van der Waals surface area contributed by atoms with Crippen LogP contribution in [-0.2, 0) is 4.74 Å². The molecule has 2 rings (SSSR count). The Bertz CT molecular complexity index is 424. The average Bonchev–Trinajstić information content (AvgIpc) is 2.29. The molecule has 3 nitrogen and oxygen atoms in total. The standard InChI is InChI=1S/C13H18ClNO2/c1-8(16-3)13(2)7-11(15)10-6-9(14)4-5-12(10)17-13/h4-6,8,11H,7,15H2,1-3H3/t8?,11-,13?/m1/s1. The molecule has 0 aliphatic carbocycles. The molecule has 2 unspecified atom stereocenters. The predicted molar refractivity (Wildman–Crippen MR) is 68.5 cm³/mol. The highest BCUT2D eigenvalue weighted by Gasteiger charge is 2.40. The van der Waals surface area contributed by atoms with Gasteiger partial charge in [0.1, 0.15) is 11.4 Å². The number of methoxy groups -OCH3 is 1. The van der Waals surface area contributed by atoms with E-state index in [1.807, 2.05) is 32.0 Å². The van der Waals surface area contributed by atoms with Crippen molar-refractivity contribution in [1.29, 1.82) is 0 Å². The number of nitrogens with two attached hydrogens (primary N) is 1. The van der Waals surface area contributed by atoms with Gasteiger partial charge in [-0.2, -0.15) is 0 Å². The Hall–Kier alpha value is -0.770. The molecule has 0 aromatic heterocycles. The second kappa shape index (κ2) is 4.48. The second-order valence-electron chi connectivity index (χ2n) is 4.79. The highest BCUT2D eigenvalue weighted by atomic mass is 35.5. The number of hydrogen-bond acceptors (Lipinski definition) is 3. The molecule has 1 aromatic carbocycles. The van der Waals surface area contributed by atoms with Gasteiger partial charge in [0.25, 0.3) is 0 Å². The van der Waals surface area contributed by atoms with Crippen molar-refractivity contribution in [3.63, 3.8) is 0 Å². The van der Waals surface area contributed by atoms with Gasteiger partial charge in [-0.1, -0.05) is 11.6 Å². The van der Waals surface area contributed by atoms with Gasteiger partial charge in [0.05, 0.1) is 6.10 Å². The third kappa shape index (κ3) is 2.28. The molecule has 94 valence electrons. The molecule has 0 spiro atoms. The zero-order valence-corrected chi connectivity index (χ0v) is 11.1. The van der Waals surface area contributed by atoms with Gasteiger partial charge >= 0.3 is 0 Å². The number of ether oxygens (including phenoxy) is 2. The van der Waals surface area contributed by atoms with E-state index in [9.17, 15) is 0 Å². The number of halogens is 1. The molecule has 0 bridgehead atoms. The zero-order valence-electron chi connectivity index (χ0n) is 10.4. The number of rotatable bonds is 2. The maximum atomic E-state index is 6.19. The summed E-state index contributed by atoms with van der Waals surface area (Å²) in [5, 5.41) is 0.686. The summed E-state index contributed by atoms with van der Waals surface area (Å²) in [6.07, 6.45) is 0.701. The molecule has 1 aromatic rings. The van der Waals surface area contributed by atoms with E-state index in [0.717, 1.165) is 17.7 Å². The topological polar surface area (TPSA) is 44.5 Å². The van der Waals surface area contributed by atoms with E-state index in [4.69, 9.17) is 26.8 Å². The lowest BCUT2D eigenvalue weighted by Gasteiger charge is -2.41. The first kappa shape index (κ1) is 12.7. The van der Waals surface area contributed by atoms with Gasteiger partial charge in [0.15, 0.2) is 0 Å². The van der Waals surface area contributed by atoms with Crippen molar-refractivity contribution < 1.29 is 9.47 Å². The minimum atomic E-state index is -0.394. The summed E-state index contributed by atoms with van der Waals surface area (Å²) in [4.78, 5) is 0. The van der Waals surface area contributed by atoms with Gasteiger partial charge in [0.2, 0.25) is 0 Å². The van der Waals surface area contributed by atoms with E-state index in [2.05, 4.69) is 0 Å². The molecule has 1 aliphatic rings. The van der Waals surface area contributed by atoms with Gasteiger partial charge in [-0.05, 0) is 32.0 Å². The first-order chi connectivity index (χ1) is 7.96. The van der Waals surface area contributed by atoms with E-state index < -0.39 is 5.60 Å². The maximum Gasteiger partial charge on any atom is 0.134 e. The monoisotopic (exact) mass is 255 g/mol. The largest absolute Gasteiger partial charge is 0.484 e. The van der Waals surface area contributed by atoms with E-state index in [1.54, 1.807) is 7.11 Å². The van der Waals surface area contributed by atoms with Crippen LogP contribution in [0.1, 0.15) is 31.9 Å². The summed E-state index contributed by atoms with van der Waals surface area (Å²) in [7, 11) is 1.68. The Morgan fingerprint density at radius 1 is 1.59 bits per heavy atom. The molecule has 3 atom stereocenters. The molecule has 0 fully saturated rings. The SMILES string of the molecule is COC(C)C1(C)C[C@@H](N)c2cc(Cl)ccc2O1. The van der Waals surface area contributed by atoms with Crippen LogP contribution in [0.2, 0.25) is 5.02 Å². The fourth-order valence-corrected chi connectivity index (χ4v) is 2.42. The number of fused-ring (bicyclic) bond motifs is 1. The van der Waals surface area contributed by atoms with Crippen LogP contribution in [0.15, 0.2) is 18.2 Å². The fraction of sp³-hybridized carbons (Fsp3) is 0.538. The van der Waals surface area contributed by atoms with Crippen molar-refractivity contribution in [3.05, 3.63) is 28.8 Å². The van der Waals surface area contributed by atoms with Crippen LogP contribution in [0.3, 0.4) is 0 Å². The minimum Gasteiger partial charge on any atom is -0.484 e. The normalized spacial score (nSPS) is 29.4. The Morgan fingerprint density at radius 2 is 2.29 bits per heavy atom.